The summed E-state index contributed by atoms with van der Waals surface area (Å²) in [4.78, 5) is 29.7. The van der Waals surface area contributed by atoms with E-state index >= 15 is 0 Å². The van der Waals surface area contributed by atoms with Crippen molar-refractivity contribution < 1.29 is 14.6 Å². The van der Waals surface area contributed by atoms with Gasteiger partial charge in [-0.25, -0.2) is 9.78 Å². The molecule has 0 bridgehead atoms. The standard InChI is InChI=1S/C24H18N2O4S/c1-30-19-11-7-16(8-12-19)3-2-4-20-13-21-22(31-20)25-15-26(23(21)27)14-17-5-9-18(10-6-17)24(28)29/h5-13,15H,3,14H2,1H3,(H,28,29). The van der Waals surface area contributed by atoms with E-state index < -0.39 is 5.97 Å². The summed E-state index contributed by atoms with van der Waals surface area (Å²) >= 11 is 1.39. The van der Waals surface area contributed by atoms with Crippen LogP contribution in [0, 0.1) is 11.8 Å². The normalized spacial score (nSPS) is 10.5. The lowest BCUT2D eigenvalue weighted by Crippen LogP contribution is -2.20. The predicted molar refractivity (Wildman–Crippen MR) is 120 cm³/mol. The van der Waals surface area contributed by atoms with Crippen LogP contribution in [0.4, 0.5) is 0 Å². The molecular formula is C24H18N2O4S. The fourth-order valence-electron chi connectivity index (χ4n) is 3.06. The van der Waals surface area contributed by atoms with E-state index in [2.05, 4.69) is 16.8 Å². The molecule has 0 amide bonds. The molecule has 0 saturated heterocycles. The van der Waals surface area contributed by atoms with Gasteiger partial charge in [-0.05, 0) is 41.5 Å². The summed E-state index contributed by atoms with van der Waals surface area (Å²) in [5.74, 6) is 6.08. The molecule has 0 unspecified atom stereocenters. The van der Waals surface area contributed by atoms with E-state index in [4.69, 9.17) is 9.84 Å². The molecule has 0 spiro atoms. The average molecular weight is 430 g/mol. The molecule has 2 aromatic heterocycles. The molecule has 0 radical (unpaired) electrons. The highest BCUT2D eigenvalue weighted by molar-refractivity contribution is 7.19. The van der Waals surface area contributed by atoms with Crippen molar-refractivity contribution in [2.45, 2.75) is 13.0 Å². The molecule has 0 saturated carbocycles. The number of benzene rings is 2. The zero-order valence-electron chi connectivity index (χ0n) is 16.7. The van der Waals surface area contributed by atoms with Crippen LogP contribution < -0.4 is 10.3 Å². The Morgan fingerprint density at radius 2 is 1.84 bits per heavy atom. The quantitative estimate of drug-likeness (QED) is 0.487. The largest absolute Gasteiger partial charge is 0.497 e. The Morgan fingerprint density at radius 3 is 2.52 bits per heavy atom. The number of hydrogen-bond acceptors (Lipinski definition) is 5. The molecule has 0 fully saturated rings. The van der Waals surface area contributed by atoms with Crippen LogP contribution in [-0.2, 0) is 13.0 Å². The number of aromatic nitrogens is 2. The van der Waals surface area contributed by atoms with E-state index in [0.29, 0.717) is 23.2 Å². The van der Waals surface area contributed by atoms with E-state index in [0.717, 1.165) is 21.8 Å². The minimum absolute atomic E-state index is 0.147. The summed E-state index contributed by atoms with van der Waals surface area (Å²) in [7, 11) is 1.63. The van der Waals surface area contributed by atoms with Crippen LogP contribution in [-0.4, -0.2) is 27.7 Å². The van der Waals surface area contributed by atoms with Gasteiger partial charge in [0.2, 0.25) is 0 Å². The Balaban J connectivity index is 1.52. The number of methoxy groups -OCH3 is 1. The molecule has 0 atom stereocenters. The van der Waals surface area contributed by atoms with Crippen molar-refractivity contribution in [1.29, 1.82) is 0 Å². The SMILES string of the molecule is COc1ccc(CC#Cc2cc3c(=O)n(Cc4ccc(C(=O)O)cc4)cnc3s2)cc1. The highest BCUT2D eigenvalue weighted by Crippen LogP contribution is 2.20. The van der Waals surface area contributed by atoms with Gasteiger partial charge in [0.1, 0.15) is 10.6 Å². The molecule has 7 heteroatoms. The van der Waals surface area contributed by atoms with Crippen molar-refractivity contribution in [1.82, 2.24) is 9.55 Å². The number of carboxylic acid groups (broad SMARTS) is 1. The smallest absolute Gasteiger partial charge is 0.335 e. The summed E-state index contributed by atoms with van der Waals surface area (Å²) in [6, 6.07) is 16.0. The van der Waals surface area contributed by atoms with E-state index in [1.165, 1.54) is 34.4 Å². The van der Waals surface area contributed by atoms with E-state index in [1.807, 2.05) is 24.3 Å². The monoisotopic (exact) mass is 430 g/mol. The molecule has 2 heterocycles. The first-order chi connectivity index (χ1) is 15.0. The van der Waals surface area contributed by atoms with Gasteiger partial charge in [0.15, 0.2) is 0 Å². The van der Waals surface area contributed by atoms with Gasteiger partial charge < -0.3 is 9.84 Å². The summed E-state index contributed by atoms with van der Waals surface area (Å²) in [6.07, 6.45) is 2.11. The lowest BCUT2D eigenvalue weighted by molar-refractivity contribution is 0.0697. The minimum Gasteiger partial charge on any atom is -0.497 e. The third kappa shape index (κ3) is 4.65. The first kappa shape index (κ1) is 20.4. The molecule has 4 rings (SSSR count). The van der Waals surface area contributed by atoms with Crippen LogP contribution in [0.5, 0.6) is 5.75 Å². The van der Waals surface area contributed by atoms with Gasteiger partial charge in [0, 0.05) is 6.42 Å². The van der Waals surface area contributed by atoms with Gasteiger partial charge in [0.05, 0.1) is 35.8 Å². The lowest BCUT2D eigenvalue weighted by atomic mass is 10.1. The van der Waals surface area contributed by atoms with Crippen LogP contribution in [0.1, 0.15) is 26.4 Å². The highest BCUT2D eigenvalue weighted by Gasteiger charge is 2.09. The Kier molecular flexibility index (Phi) is 5.83. The fraction of sp³-hybridized carbons (Fsp3) is 0.125. The zero-order chi connectivity index (χ0) is 21.8. The average Bonchev–Trinajstić information content (AvgIpc) is 3.20. The molecule has 154 valence electrons. The molecule has 31 heavy (non-hydrogen) atoms. The Bertz CT molecular complexity index is 1360. The maximum absolute atomic E-state index is 12.9. The third-order valence-corrected chi connectivity index (χ3v) is 5.69. The number of carboxylic acids is 1. The van der Waals surface area contributed by atoms with Gasteiger partial charge in [-0.1, -0.05) is 36.1 Å². The van der Waals surface area contributed by atoms with Gasteiger partial charge >= 0.3 is 5.97 Å². The number of thiophene rings is 1. The third-order valence-electron chi connectivity index (χ3n) is 4.74. The van der Waals surface area contributed by atoms with Crippen molar-refractivity contribution in [3.63, 3.8) is 0 Å². The highest BCUT2D eigenvalue weighted by atomic mass is 32.1. The van der Waals surface area contributed by atoms with Crippen molar-refractivity contribution in [2.24, 2.45) is 0 Å². The Labute approximate surface area is 182 Å². The molecule has 0 aliphatic rings. The number of aromatic carboxylic acids is 1. The number of carbonyl (C=O) groups is 1. The second-order valence-corrected chi connectivity index (χ2v) is 7.87. The second-order valence-electron chi connectivity index (χ2n) is 6.84. The van der Waals surface area contributed by atoms with Gasteiger partial charge in [-0.2, -0.15) is 0 Å². The maximum atomic E-state index is 12.9. The lowest BCUT2D eigenvalue weighted by Gasteiger charge is -2.05. The minimum atomic E-state index is -0.981. The first-order valence-electron chi connectivity index (χ1n) is 9.46. The van der Waals surface area contributed by atoms with Crippen molar-refractivity contribution in [3.05, 3.63) is 92.8 Å². The predicted octanol–water partition coefficient (Wildman–Crippen LogP) is 3.81. The van der Waals surface area contributed by atoms with Crippen LogP contribution in [0.2, 0.25) is 0 Å². The summed E-state index contributed by atoms with van der Waals surface area (Å²) in [5.41, 5.74) is 1.97. The maximum Gasteiger partial charge on any atom is 0.335 e. The van der Waals surface area contributed by atoms with Crippen LogP contribution >= 0.6 is 11.3 Å². The number of nitrogens with zero attached hydrogens (tertiary/aromatic N) is 2. The molecule has 2 aromatic carbocycles. The van der Waals surface area contributed by atoms with Crippen molar-refractivity contribution in [3.8, 4) is 17.6 Å². The molecule has 1 N–H and O–H groups in total. The Morgan fingerprint density at radius 1 is 1.13 bits per heavy atom. The molecular weight excluding hydrogens is 412 g/mol. The second kappa shape index (κ2) is 8.86. The van der Waals surface area contributed by atoms with Gasteiger partial charge in [-0.3, -0.25) is 9.36 Å². The molecule has 4 aromatic rings. The van der Waals surface area contributed by atoms with Crippen LogP contribution in [0.25, 0.3) is 10.2 Å². The Hall–Kier alpha value is -3.89. The molecule has 0 aliphatic carbocycles. The van der Waals surface area contributed by atoms with E-state index in [9.17, 15) is 9.59 Å². The van der Waals surface area contributed by atoms with Crippen molar-refractivity contribution in [2.75, 3.05) is 7.11 Å². The summed E-state index contributed by atoms with van der Waals surface area (Å²) in [6.45, 7) is 0.315. The van der Waals surface area contributed by atoms with Crippen molar-refractivity contribution >= 4 is 27.5 Å². The van der Waals surface area contributed by atoms with Gasteiger partial charge in [-0.15, -0.1) is 11.3 Å². The zero-order valence-corrected chi connectivity index (χ0v) is 17.5. The molecule has 0 aliphatic heterocycles. The summed E-state index contributed by atoms with van der Waals surface area (Å²) < 4.78 is 6.67. The van der Waals surface area contributed by atoms with Crippen LogP contribution in [0.15, 0.2) is 65.7 Å². The topological polar surface area (TPSA) is 81.4 Å². The number of hydrogen-bond donors (Lipinski definition) is 1. The van der Waals surface area contributed by atoms with Crippen LogP contribution in [0.3, 0.4) is 0 Å². The fourth-order valence-corrected chi connectivity index (χ4v) is 3.92. The van der Waals surface area contributed by atoms with E-state index in [-0.39, 0.29) is 11.1 Å². The number of rotatable bonds is 5. The molecule has 6 nitrogen and oxygen atoms in total. The van der Waals surface area contributed by atoms with Gasteiger partial charge in [0.25, 0.3) is 5.56 Å². The summed E-state index contributed by atoms with van der Waals surface area (Å²) in [5, 5.41) is 9.53. The number of ether oxygens (including phenoxy) is 1. The first-order valence-corrected chi connectivity index (χ1v) is 10.3. The van der Waals surface area contributed by atoms with E-state index in [1.54, 1.807) is 25.3 Å². The number of fused-ring (bicyclic) bond motifs is 1.